The summed E-state index contributed by atoms with van der Waals surface area (Å²) in [4.78, 5) is 55.5. The van der Waals surface area contributed by atoms with Crippen molar-refractivity contribution in [3.8, 4) is 0 Å². The summed E-state index contributed by atoms with van der Waals surface area (Å²) in [7, 11) is 1.34. The van der Waals surface area contributed by atoms with Crippen LogP contribution in [-0.4, -0.2) is 91.3 Å². The fourth-order valence-electron chi connectivity index (χ4n) is 5.83. The number of aliphatic hydroxyl groups excluding tert-OH is 1. The molecule has 3 N–H and O–H groups in total. The Morgan fingerprint density at radius 1 is 1.25 bits per heavy atom. The van der Waals surface area contributed by atoms with E-state index in [4.69, 9.17) is 4.74 Å². The average molecular weight is 557 g/mol. The molecule has 0 bridgehead atoms. The SMILES string of the molecule is COC(=O)CCCCN1C(=O)[C@](O)([C@H](C)/C=C/CC(=O)N2CCC[C@H]2CO)c2cc(N3CCNCC3=O)ccc21. The summed E-state index contributed by atoms with van der Waals surface area (Å²) in [5, 5.41) is 24.6. The number of likely N-dealkylation sites (tertiary alicyclic amines) is 1. The number of fused-ring (bicyclic) bond motifs is 1. The first-order valence-electron chi connectivity index (χ1n) is 14.1. The van der Waals surface area contributed by atoms with Gasteiger partial charge in [-0.1, -0.05) is 19.1 Å². The van der Waals surface area contributed by atoms with Crippen LogP contribution in [0.4, 0.5) is 11.4 Å². The number of nitrogens with one attached hydrogen (secondary N) is 1. The van der Waals surface area contributed by atoms with E-state index < -0.39 is 17.4 Å². The van der Waals surface area contributed by atoms with E-state index in [-0.39, 0.29) is 49.8 Å². The normalized spacial score (nSPS) is 23.7. The van der Waals surface area contributed by atoms with Gasteiger partial charge in [0.2, 0.25) is 11.8 Å². The molecule has 3 aliphatic heterocycles. The molecule has 0 radical (unpaired) electrons. The van der Waals surface area contributed by atoms with Crippen LogP contribution in [0.2, 0.25) is 0 Å². The Balaban J connectivity index is 1.57. The Morgan fingerprint density at radius 3 is 2.77 bits per heavy atom. The number of carbonyl (C=O) groups excluding carboxylic acids is 4. The Labute approximate surface area is 234 Å². The zero-order valence-corrected chi connectivity index (χ0v) is 23.3. The highest BCUT2D eigenvalue weighted by Gasteiger charge is 2.52. The summed E-state index contributed by atoms with van der Waals surface area (Å²) >= 11 is 0. The van der Waals surface area contributed by atoms with Crippen molar-refractivity contribution in [2.75, 3.05) is 56.2 Å². The number of anilines is 2. The van der Waals surface area contributed by atoms with Gasteiger partial charge in [0, 0.05) is 56.2 Å². The molecule has 0 unspecified atom stereocenters. The Kier molecular flexibility index (Phi) is 9.60. The standard InChI is InChI=1S/C29H40N4O7/c1-20(7-5-9-25(35)31-15-6-8-22(31)19-34)29(39)23-17-21(32-16-13-30-18-26(32)36)11-12-24(23)33(28(29)38)14-4-3-10-27(37)40-2/h5,7,11-12,17,20,22,30,34,39H,3-4,6,8-10,13-16,18-19H2,1-2H3/b7-5+/t20-,22+,29+/m1/s1. The van der Waals surface area contributed by atoms with Gasteiger partial charge in [0.15, 0.2) is 5.60 Å². The number of unbranched alkanes of at least 4 members (excludes halogenated alkanes) is 1. The Bertz CT molecular complexity index is 1160. The average Bonchev–Trinajstić information content (AvgIpc) is 3.53. The lowest BCUT2D eigenvalue weighted by Gasteiger charge is -2.30. The van der Waals surface area contributed by atoms with Gasteiger partial charge in [-0.25, -0.2) is 0 Å². The maximum absolute atomic E-state index is 13.8. The van der Waals surface area contributed by atoms with Crippen LogP contribution < -0.4 is 15.1 Å². The number of carbonyl (C=O) groups is 4. The zero-order valence-electron chi connectivity index (χ0n) is 23.3. The maximum Gasteiger partial charge on any atom is 0.305 e. The van der Waals surface area contributed by atoms with Gasteiger partial charge in [-0.15, -0.1) is 0 Å². The van der Waals surface area contributed by atoms with E-state index in [1.807, 2.05) is 0 Å². The van der Waals surface area contributed by atoms with Gasteiger partial charge < -0.3 is 35.0 Å². The van der Waals surface area contributed by atoms with Crippen LogP contribution in [0.5, 0.6) is 0 Å². The van der Waals surface area contributed by atoms with Gasteiger partial charge in [-0.3, -0.25) is 19.2 Å². The molecule has 11 nitrogen and oxygen atoms in total. The van der Waals surface area contributed by atoms with Crippen LogP contribution in [0.25, 0.3) is 0 Å². The molecule has 0 aromatic heterocycles. The smallest absolute Gasteiger partial charge is 0.305 e. The van der Waals surface area contributed by atoms with Gasteiger partial charge in [0.1, 0.15) is 0 Å². The van der Waals surface area contributed by atoms with Crippen molar-refractivity contribution < 1.29 is 34.1 Å². The zero-order chi connectivity index (χ0) is 28.9. The van der Waals surface area contributed by atoms with Crippen LogP contribution in [-0.2, 0) is 29.5 Å². The van der Waals surface area contributed by atoms with E-state index in [9.17, 15) is 29.4 Å². The lowest BCUT2D eigenvalue weighted by Crippen LogP contribution is -2.48. The van der Waals surface area contributed by atoms with Gasteiger partial charge in [-0.2, -0.15) is 0 Å². The maximum atomic E-state index is 13.8. The molecule has 218 valence electrons. The molecular formula is C29H40N4O7. The predicted octanol–water partition coefficient (Wildman–Crippen LogP) is 1.07. The van der Waals surface area contributed by atoms with E-state index in [0.717, 1.165) is 12.8 Å². The fraction of sp³-hybridized carbons (Fsp3) is 0.586. The van der Waals surface area contributed by atoms with Gasteiger partial charge in [-0.05, 0) is 43.9 Å². The van der Waals surface area contributed by atoms with Gasteiger partial charge in [0.05, 0.1) is 32.0 Å². The van der Waals surface area contributed by atoms with E-state index in [2.05, 4.69) is 5.32 Å². The number of nitrogens with zero attached hydrogens (tertiary/aromatic N) is 3. The predicted molar refractivity (Wildman–Crippen MR) is 149 cm³/mol. The van der Waals surface area contributed by atoms with Crippen molar-refractivity contribution in [3.63, 3.8) is 0 Å². The topological polar surface area (TPSA) is 140 Å². The summed E-state index contributed by atoms with van der Waals surface area (Å²) < 4.78 is 4.70. The molecule has 4 rings (SSSR count). The molecule has 1 aromatic rings. The van der Waals surface area contributed by atoms with Gasteiger partial charge in [0.25, 0.3) is 5.91 Å². The van der Waals surface area contributed by atoms with Crippen molar-refractivity contribution in [1.29, 1.82) is 0 Å². The number of rotatable bonds is 11. The van der Waals surface area contributed by atoms with E-state index in [0.29, 0.717) is 56.0 Å². The molecule has 0 spiro atoms. The number of methoxy groups -OCH3 is 1. The molecule has 2 saturated heterocycles. The number of hydrogen-bond acceptors (Lipinski definition) is 8. The third-order valence-corrected chi connectivity index (χ3v) is 8.18. The van der Waals surface area contributed by atoms with Crippen molar-refractivity contribution in [2.24, 2.45) is 5.92 Å². The number of benzene rings is 1. The van der Waals surface area contributed by atoms with Crippen molar-refractivity contribution >= 4 is 35.1 Å². The van der Waals surface area contributed by atoms with E-state index in [1.54, 1.807) is 52.0 Å². The van der Waals surface area contributed by atoms with Crippen LogP contribution in [0.3, 0.4) is 0 Å². The lowest BCUT2D eigenvalue weighted by molar-refractivity contribution is -0.140. The van der Waals surface area contributed by atoms with Crippen LogP contribution >= 0.6 is 0 Å². The number of esters is 1. The highest BCUT2D eigenvalue weighted by Crippen LogP contribution is 2.47. The number of amides is 3. The molecule has 40 heavy (non-hydrogen) atoms. The minimum Gasteiger partial charge on any atom is -0.469 e. The third-order valence-electron chi connectivity index (χ3n) is 8.18. The van der Waals surface area contributed by atoms with E-state index in [1.165, 1.54) is 7.11 Å². The fourth-order valence-corrected chi connectivity index (χ4v) is 5.83. The minimum absolute atomic E-state index is 0.0652. The van der Waals surface area contributed by atoms with Crippen molar-refractivity contribution in [1.82, 2.24) is 10.2 Å². The highest BCUT2D eigenvalue weighted by molar-refractivity contribution is 6.08. The first-order valence-corrected chi connectivity index (χ1v) is 14.1. The molecule has 2 fully saturated rings. The third kappa shape index (κ3) is 5.91. The Hall–Kier alpha value is -3.28. The monoisotopic (exact) mass is 556 g/mol. The quantitative estimate of drug-likeness (QED) is 0.209. The second kappa shape index (κ2) is 12.9. The molecular weight excluding hydrogens is 516 g/mol. The first-order chi connectivity index (χ1) is 19.2. The molecule has 3 amide bonds. The molecule has 3 heterocycles. The molecule has 0 aliphatic carbocycles. The number of hydrogen-bond donors (Lipinski definition) is 3. The summed E-state index contributed by atoms with van der Waals surface area (Å²) in [5.74, 6) is -1.66. The lowest BCUT2D eigenvalue weighted by atomic mass is 9.82. The number of aliphatic hydroxyl groups is 2. The number of ether oxygens (including phenoxy) is 1. The first kappa shape index (κ1) is 29.7. The summed E-state index contributed by atoms with van der Waals surface area (Å²) in [5.41, 5.74) is -0.306. The molecule has 3 atom stereocenters. The van der Waals surface area contributed by atoms with Gasteiger partial charge >= 0.3 is 5.97 Å². The van der Waals surface area contributed by atoms with E-state index >= 15 is 0 Å². The van der Waals surface area contributed by atoms with Crippen LogP contribution in [0.15, 0.2) is 30.4 Å². The van der Waals surface area contributed by atoms with Crippen LogP contribution in [0, 0.1) is 5.92 Å². The summed E-state index contributed by atoms with van der Waals surface area (Å²) in [6, 6.07) is 5.11. The second-order valence-corrected chi connectivity index (χ2v) is 10.7. The minimum atomic E-state index is -1.90. The molecule has 3 aliphatic rings. The summed E-state index contributed by atoms with van der Waals surface area (Å²) in [6.45, 7) is 3.92. The van der Waals surface area contributed by atoms with Crippen LogP contribution in [0.1, 0.15) is 51.0 Å². The number of piperazine rings is 1. The highest BCUT2D eigenvalue weighted by atomic mass is 16.5. The second-order valence-electron chi connectivity index (χ2n) is 10.7. The molecule has 0 saturated carbocycles. The van der Waals surface area contributed by atoms with Crippen molar-refractivity contribution in [3.05, 3.63) is 35.9 Å². The molecule has 11 heteroatoms. The van der Waals surface area contributed by atoms with Crippen molar-refractivity contribution in [2.45, 2.75) is 57.1 Å². The largest absolute Gasteiger partial charge is 0.469 e. The Morgan fingerprint density at radius 2 is 2.05 bits per heavy atom. The summed E-state index contributed by atoms with van der Waals surface area (Å²) in [6.07, 6.45) is 6.40. The molecule has 1 aromatic carbocycles.